The lowest BCUT2D eigenvalue weighted by Crippen LogP contribution is -2.51. The normalized spacial score (nSPS) is 18.9. The van der Waals surface area contributed by atoms with Crippen molar-refractivity contribution >= 4 is 10.0 Å². The minimum atomic E-state index is -3.45. The highest BCUT2D eigenvalue weighted by molar-refractivity contribution is 7.89. The molecule has 0 radical (unpaired) electrons. The van der Waals surface area contributed by atoms with E-state index in [0.29, 0.717) is 44.2 Å². The van der Waals surface area contributed by atoms with Gasteiger partial charge >= 0.3 is 0 Å². The molecule has 1 aliphatic heterocycles. The van der Waals surface area contributed by atoms with Crippen molar-refractivity contribution in [2.75, 3.05) is 46.3 Å². The molecule has 0 saturated carbocycles. The van der Waals surface area contributed by atoms with E-state index >= 15 is 0 Å². The van der Waals surface area contributed by atoms with Crippen molar-refractivity contribution in [1.82, 2.24) is 14.1 Å². The van der Waals surface area contributed by atoms with Gasteiger partial charge in [-0.3, -0.25) is 9.80 Å². The summed E-state index contributed by atoms with van der Waals surface area (Å²) in [5.74, 6) is 0. The smallest absolute Gasteiger partial charge is 0.243 e. The number of hydrogen-bond acceptors (Lipinski definition) is 5. The lowest BCUT2D eigenvalue weighted by atomic mass is 10.1. The van der Waals surface area contributed by atoms with E-state index in [1.165, 1.54) is 16.7 Å². The minimum absolute atomic E-state index is 0.421. The van der Waals surface area contributed by atoms with E-state index in [1.54, 1.807) is 10.4 Å². The van der Waals surface area contributed by atoms with Gasteiger partial charge in [0.1, 0.15) is 0 Å². The van der Waals surface area contributed by atoms with Gasteiger partial charge in [-0.25, -0.2) is 8.42 Å². The Hall–Kier alpha value is -1.77. The van der Waals surface area contributed by atoms with Crippen LogP contribution >= 0.6 is 0 Å². The molecule has 1 unspecified atom stereocenters. The third kappa shape index (κ3) is 5.54. The fourth-order valence-corrected chi connectivity index (χ4v) is 6.16. The maximum Gasteiger partial charge on any atom is 0.243 e. The summed E-state index contributed by atoms with van der Waals surface area (Å²) in [5.41, 5.74) is 3.69. The summed E-state index contributed by atoms with van der Waals surface area (Å²) in [5, 5.41) is 10.5. The van der Waals surface area contributed by atoms with Crippen LogP contribution in [0.3, 0.4) is 0 Å². The number of benzene rings is 2. The summed E-state index contributed by atoms with van der Waals surface area (Å²) in [4.78, 5) is 4.70. The van der Waals surface area contributed by atoms with Crippen molar-refractivity contribution in [3.05, 3.63) is 65.2 Å². The second kappa shape index (κ2) is 9.79. The first-order valence-corrected chi connectivity index (χ1v) is 12.6. The molecule has 1 aliphatic carbocycles. The number of β-amino-alcohol motifs (C(OH)–C–C–N with tert-alkyl or cyclic N) is 1. The second-order valence-electron chi connectivity index (χ2n) is 8.82. The summed E-state index contributed by atoms with van der Waals surface area (Å²) in [6, 6.07) is 15.8. The molecule has 2 aromatic rings. The van der Waals surface area contributed by atoms with Gasteiger partial charge in [0.2, 0.25) is 10.0 Å². The van der Waals surface area contributed by atoms with Gasteiger partial charge in [-0.05, 0) is 55.1 Å². The zero-order valence-electron chi connectivity index (χ0n) is 18.3. The van der Waals surface area contributed by atoms with E-state index < -0.39 is 16.1 Å². The van der Waals surface area contributed by atoms with Crippen LogP contribution < -0.4 is 0 Å². The van der Waals surface area contributed by atoms with E-state index in [9.17, 15) is 13.5 Å². The predicted octanol–water partition coefficient (Wildman–Crippen LogP) is 1.97. The summed E-state index contributed by atoms with van der Waals surface area (Å²) in [6.07, 6.45) is 2.68. The molecular formula is C24H33N3O3S. The van der Waals surface area contributed by atoms with Crippen LogP contribution in [0.15, 0.2) is 53.4 Å². The number of fused-ring (bicyclic) bond motifs is 1. The molecule has 1 N–H and O–H groups in total. The molecule has 1 atom stereocenters. The highest BCUT2D eigenvalue weighted by atomic mass is 32.2. The number of sulfonamides is 1. The lowest BCUT2D eigenvalue weighted by Gasteiger charge is -2.35. The SMILES string of the molecule is CN(Cc1ccccc1)CC(O)CN1CCN(S(=O)(=O)c2ccc3c(c2)CCC3)CC1. The zero-order chi connectivity index (χ0) is 21.8. The number of hydrogen-bond donors (Lipinski definition) is 1. The number of likely N-dealkylation sites (N-methyl/N-ethyl adjacent to an activating group) is 1. The first-order chi connectivity index (χ1) is 14.9. The molecule has 2 aliphatic rings. The molecule has 1 fully saturated rings. The summed E-state index contributed by atoms with van der Waals surface area (Å²) >= 11 is 0. The molecule has 1 heterocycles. The van der Waals surface area contributed by atoms with Crippen molar-refractivity contribution in [3.63, 3.8) is 0 Å². The molecule has 6 nitrogen and oxygen atoms in total. The van der Waals surface area contributed by atoms with E-state index in [1.807, 2.05) is 37.4 Å². The predicted molar refractivity (Wildman–Crippen MR) is 122 cm³/mol. The molecule has 0 bridgehead atoms. The van der Waals surface area contributed by atoms with Crippen LogP contribution in [0.2, 0.25) is 0 Å². The minimum Gasteiger partial charge on any atom is -0.390 e. The second-order valence-corrected chi connectivity index (χ2v) is 10.8. The van der Waals surface area contributed by atoms with Gasteiger partial charge in [0.15, 0.2) is 0 Å². The highest BCUT2D eigenvalue weighted by Gasteiger charge is 2.30. The first kappa shape index (κ1) is 22.4. The summed E-state index contributed by atoms with van der Waals surface area (Å²) < 4.78 is 27.8. The fourth-order valence-electron chi connectivity index (χ4n) is 4.69. The number of nitrogens with zero attached hydrogens (tertiary/aromatic N) is 3. The van der Waals surface area contributed by atoms with Crippen LogP contribution in [0.1, 0.15) is 23.1 Å². The Morgan fingerprint density at radius 2 is 1.71 bits per heavy atom. The Bertz CT molecular complexity index is 973. The number of piperazine rings is 1. The standard InChI is InChI=1S/C24H33N3O3S/c1-25(17-20-6-3-2-4-7-20)18-23(28)19-26-12-14-27(15-13-26)31(29,30)24-11-10-21-8-5-9-22(21)16-24/h2-4,6-7,10-11,16,23,28H,5,8-9,12-15,17-19H2,1H3. The molecule has 7 heteroatoms. The molecular weight excluding hydrogens is 410 g/mol. The van der Waals surface area contributed by atoms with Crippen molar-refractivity contribution in [1.29, 1.82) is 0 Å². The molecule has 168 valence electrons. The Balaban J connectivity index is 1.26. The number of aryl methyl sites for hydroxylation is 2. The molecule has 0 spiro atoms. The molecule has 0 aromatic heterocycles. The van der Waals surface area contributed by atoms with Crippen molar-refractivity contribution in [2.24, 2.45) is 0 Å². The Morgan fingerprint density at radius 1 is 1.00 bits per heavy atom. The molecule has 1 saturated heterocycles. The van der Waals surface area contributed by atoms with Crippen LogP contribution in [-0.2, 0) is 29.4 Å². The van der Waals surface area contributed by atoms with Crippen LogP contribution in [0.5, 0.6) is 0 Å². The largest absolute Gasteiger partial charge is 0.390 e. The van der Waals surface area contributed by atoms with Gasteiger partial charge < -0.3 is 5.11 Å². The van der Waals surface area contributed by atoms with E-state index in [-0.39, 0.29) is 0 Å². The average molecular weight is 444 g/mol. The third-order valence-electron chi connectivity index (χ3n) is 6.33. The van der Waals surface area contributed by atoms with E-state index in [0.717, 1.165) is 25.8 Å². The number of aliphatic hydroxyl groups is 1. The maximum absolute atomic E-state index is 13.1. The molecule has 31 heavy (non-hydrogen) atoms. The van der Waals surface area contributed by atoms with Gasteiger partial charge in [-0.1, -0.05) is 36.4 Å². The van der Waals surface area contributed by atoms with Gasteiger partial charge in [0.05, 0.1) is 11.0 Å². The van der Waals surface area contributed by atoms with Crippen LogP contribution in [0.4, 0.5) is 0 Å². The molecule has 2 aromatic carbocycles. The van der Waals surface area contributed by atoms with Gasteiger partial charge in [0.25, 0.3) is 0 Å². The van der Waals surface area contributed by atoms with Crippen molar-refractivity contribution in [2.45, 2.75) is 36.8 Å². The average Bonchev–Trinajstić information content (AvgIpc) is 3.22. The first-order valence-electron chi connectivity index (χ1n) is 11.2. The number of rotatable bonds is 8. The van der Waals surface area contributed by atoms with E-state index in [4.69, 9.17) is 0 Å². The Kier molecular flexibility index (Phi) is 7.08. The van der Waals surface area contributed by atoms with Crippen LogP contribution in [0, 0.1) is 0 Å². The maximum atomic E-state index is 13.1. The van der Waals surface area contributed by atoms with Gasteiger partial charge in [0, 0.05) is 45.8 Å². The summed E-state index contributed by atoms with van der Waals surface area (Å²) in [7, 11) is -1.44. The van der Waals surface area contributed by atoms with Crippen molar-refractivity contribution in [3.8, 4) is 0 Å². The zero-order valence-corrected chi connectivity index (χ0v) is 19.1. The Morgan fingerprint density at radius 3 is 2.45 bits per heavy atom. The fraction of sp³-hybridized carbons (Fsp3) is 0.500. The van der Waals surface area contributed by atoms with Gasteiger partial charge in [-0.2, -0.15) is 4.31 Å². The molecule has 4 rings (SSSR count). The third-order valence-corrected chi connectivity index (χ3v) is 8.22. The highest BCUT2D eigenvalue weighted by Crippen LogP contribution is 2.26. The topological polar surface area (TPSA) is 64.1 Å². The van der Waals surface area contributed by atoms with Crippen molar-refractivity contribution < 1.29 is 13.5 Å². The lowest BCUT2D eigenvalue weighted by molar-refractivity contribution is 0.0669. The van der Waals surface area contributed by atoms with Crippen LogP contribution in [0.25, 0.3) is 0 Å². The van der Waals surface area contributed by atoms with E-state index in [2.05, 4.69) is 21.9 Å². The molecule has 0 amide bonds. The monoisotopic (exact) mass is 443 g/mol. The van der Waals surface area contributed by atoms with Gasteiger partial charge in [-0.15, -0.1) is 0 Å². The Labute approximate surface area is 186 Å². The quantitative estimate of drug-likeness (QED) is 0.676. The summed E-state index contributed by atoms with van der Waals surface area (Å²) in [6.45, 7) is 4.16. The van der Waals surface area contributed by atoms with Crippen LogP contribution in [-0.4, -0.2) is 80.0 Å². The number of aliphatic hydroxyl groups excluding tert-OH is 1.